The van der Waals surface area contributed by atoms with Crippen molar-refractivity contribution in [2.45, 2.75) is 33.3 Å². The molecule has 0 saturated heterocycles. The molecule has 1 amide bonds. The highest BCUT2D eigenvalue weighted by molar-refractivity contribution is 5.77. The first kappa shape index (κ1) is 14.5. The van der Waals surface area contributed by atoms with Crippen LogP contribution in [0.4, 0.5) is 0 Å². The smallest absolute Gasteiger partial charge is 0.257 e. The highest BCUT2D eigenvalue weighted by Gasteiger charge is 2.08. The van der Waals surface area contributed by atoms with Crippen molar-refractivity contribution in [3.8, 4) is 5.75 Å². The number of rotatable bonds is 7. The Morgan fingerprint density at radius 3 is 2.89 bits per heavy atom. The molecule has 1 rings (SSSR count). The van der Waals surface area contributed by atoms with E-state index in [1.165, 1.54) is 0 Å². The Kier molecular flexibility index (Phi) is 6.22. The third kappa shape index (κ3) is 4.37. The van der Waals surface area contributed by atoms with Gasteiger partial charge in [-0.1, -0.05) is 31.5 Å². The molecule has 1 aromatic rings. The molecule has 0 unspecified atom stereocenters. The largest absolute Gasteiger partial charge is 0.483 e. The summed E-state index contributed by atoms with van der Waals surface area (Å²) in [6.07, 6.45) is 2.02. The van der Waals surface area contributed by atoms with Crippen LogP contribution in [0.5, 0.6) is 5.75 Å². The van der Waals surface area contributed by atoms with Crippen LogP contribution in [-0.2, 0) is 11.4 Å². The van der Waals surface area contributed by atoms with E-state index in [9.17, 15) is 9.90 Å². The van der Waals surface area contributed by atoms with Crippen molar-refractivity contribution in [2.24, 2.45) is 0 Å². The van der Waals surface area contributed by atoms with Crippen molar-refractivity contribution in [3.63, 3.8) is 0 Å². The minimum atomic E-state index is -0.129. The van der Waals surface area contributed by atoms with Crippen LogP contribution in [0.1, 0.15) is 30.9 Å². The van der Waals surface area contributed by atoms with Crippen LogP contribution < -0.4 is 10.1 Å². The number of carbonyl (C=O) groups is 1. The van der Waals surface area contributed by atoms with Gasteiger partial charge in [0.2, 0.25) is 0 Å². The highest BCUT2D eigenvalue weighted by atomic mass is 16.5. The molecule has 100 valence electrons. The maximum Gasteiger partial charge on any atom is 0.257 e. The standard InChI is InChI=1S/C14H21NO3/c1-3-4-8-15-13(17)10-18-14-11(2)6-5-7-12(14)9-16/h5-7,16H,3-4,8-10H2,1-2H3,(H,15,17). The molecule has 0 fully saturated rings. The quantitative estimate of drug-likeness (QED) is 0.726. The molecule has 0 aliphatic carbocycles. The zero-order chi connectivity index (χ0) is 13.4. The fraction of sp³-hybridized carbons (Fsp3) is 0.500. The van der Waals surface area contributed by atoms with Gasteiger partial charge in [0.25, 0.3) is 5.91 Å². The Morgan fingerprint density at radius 1 is 1.44 bits per heavy atom. The van der Waals surface area contributed by atoms with Crippen LogP contribution in [0.25, 0.3) is 0 Å². The third-order valence-corrected chi connectivity index (χ3v) is 2.66. The molecule has 1 aromatic carbocycles. The molecule has 2 N–H and O–H groups in total. The zero-order valence-corrected chi connectivity index (χ0v) is 11.0. The van der Waals surface area contributed by atoms with E-state index in [-0.39, 0.29) is 19.1 Å². The second kappa shape index (κ2) is 7.71. The fourth-order valence-electron chi connectivity index (χ4n) is 1.64. The van der Waals surface area contributed by atoms with Crippen LogP contribution >= 0.6 is 0 Å². The Morgan fingerprint density at radius 2 is 2.22 bits per heavy atom. The normalized spacial score (nSPS) is 10.2. The van der Waals surface area contributed by atoms with Gasteiger partial charge < -0.3 is 15.2 Å². The van der Waals surface area contributed by atoms with Gasteiger partial charge in [0.05, 0.1) is 6.61 Å². The Hall–Kier alpha value is -1.55. The first-order valence-corrected chi connectivity index (χ1v) is 6.27. The minimum Gasteiger partial charge on any atom is -0.483 e. The molecule has 0 atom stereocenters. The van der Waals surface area contributed by atoms with Crippen molar-refractivity contribution in [1.29, 1.82) is 0 Å². The summed E-state index contributed by atoms with van der Waals surface area (Å²) in [4.78, 5) is 11.5. The van der Waals surface area contributed by atoms with E-state index >= 15 is 0 Å². The molecular weight excluding hydrogens is 230 g/mol. The van der Waals surface area contributed by atoms with Crippen molar-refractivity contribution >= 4 is 5.91 Å². The summed E-state index contributed by atoms with van der Waals surface area (Å²) in [6.45, 7) is 4.54. The zero-order valence-electron chi connectivity index (χ0n) is 11.0. The number of hydrogen-bond donors (Lipinski definition) is 2. The van der Waals surface area contributed by atoms with Crippen LogP contribution in [0.3, 0.4) is 0 Å². The topological polar surface area (TPSA) is 58.6 Å². The average molecular weight is 251 g/mol. The highest BCUT2D eigenvalue weighted by Crippen LogP contribution is 2.23. The maximum atomic E-state index is 11.5. The van der Waals surface area contributed by atoms with Gasteiger partial charge in [0, 0.05) is 12.1 Å². The van der Waals surface area contributed by atoms with Crippen LogP contribution in [0, 0.1) is 6.92 Å². The van der Waals surface area contributed by atoms with E-state index in [1.54, 1.807) is 6.07 Å². The second-order valence-corrected chi connectivity index (χ2v) is 4.21. The molecule has 18 heavy (non-hydrogen) atoms. The lowest BCUT2D eigenvalue weighted by Gasteiger charge is -2.12. The molecule has 0 aromatic heterocycles. The monoisotopic (exact) mass is 251 g/mol. The maximum absolute atomic E-state index is 11.5. The summed E-state index contributed by atoms with van der Waals surface area (Å²) >= 11 is 0. The van der Waals surface area contributed by atoms with Gasteiger partial charge in [-0.3, -0.25) is 4.79 Å². The van der Waals surface area contributed by atoms with E-state index in [1.807, 2.05) is 19.1 Å². The number of aliphatic hydroxyl groups excluding tert-OH is 1. The van der Waals surface area contributed by atoms with Crippen LogP contribution in [0.15, 0.2) is 18.2 Å². The number of benzene rings is 1. The molecule has 4 heteroatoms. The molecular formula is C14H21NO3. The molecule has 0 aliphatic heterocycles. The number of ether oxygens (including phenoxy) is 1. The lowest BCUT2D eigenvalue weighted by Crippen LogP contribution is -2.29. The number of unbranched alkanes of at least 4 members (excludes halogenated alkanes) is 1. The van der Waals surface area contributed by atoms with Crippen LogP contribution in [0.2, 0.25) is 0 Å². The van der Waals surface area contributed by atoms with Crippen molar-refractivity contribution in [3.05, 3.63) is 29.3 Å². The van der Waals surface area contributed by atoms with Gasteiger partial charge in [0.1, 0.15) is 5.75 Å². The summed E-state index contributed by atoms with van der Waals surface area (Å²) < 4.78 is 5.48. The summed E-state index contributed by atoms with van der Waals surface area (Å²) in [5, 5.41) is 12.0. The molecule has 4 nitrogen and oxygen atoms in total. The van der Waals surface area contributed by atoms with E-state index in [0.29, 0.717) is 17.9 Å². The Balaban J connectivity index is 2.50. The number of para-hydroxylation sites is 1. The average Bonchev–Trinajstić information content (AvgIpc) is 2.37. The van der Waals surface area contributed by atoms with E-state index in [0.717, 1.165) is 18.4 Å². The molecule has 0 saturated carbocycles. The van der Waals surface area contributed by atoms with E-state index < -0.39 is 0 Å². The van der Waals surface area contributed by atoms with Gasteiger partial charge in [-0.25, -0.2) is 0 Å². The van der Waals surface area contributed by atoms with Crippen LogP contribution in [-0.4, -0.2) is 24.2 Å². The number of amides is 1. The van der Waals surface area contributed by atoms with Gasteiger partial charge in [-0.2, -0.15) is 0 Å². The predicted octanol–water partition coefficient (Wildman–Crippen LogP) is 1.78. The Labute approximate surface area is 108 Å². The molecule has 0 radical (unpaired) electrons. The van der Waals surface area contributed by atoms with Crippen molar-refractivity contribution in [2.75, 3.05) is 13.2 Å². The SMILES string of the molecule is CCCCNC(=O)COc1c(C)cccc1CO. The minimum absolute atomic E-state index is 0.0123. The fourth-order valence-corrected chi connectivity index (χ4v) is 1.64. The summed E-state index contributed by atoms with van der Waals surface area (Å²) in [5.41, 5.74) is 1.62. The molecule has 0 aliphatic rings. The molecule has 0 heterocycles. The van der Waals surface area contributed by atoms with Gasteiger partial charge in [0.15, 0.2) is 6.61 Å². The first-order valence-electron chi connectivity index (χ1n) is 6.27. The number of hydrogen-bond acceptors (Lipinski definition) is 3. The van der Waals surface area contributed by atoms with Gasteiger partial charge in [-0.15, -0.1) is 0 Å². The number of nitrogens with one attached hydrogen (secondary N) is 1. The van der Waals surface area contributed by atoms with Crippen molar-refractivity contribution in [1.82, 2.24) is 5.32 Å². The third-order valence-electron chi connectivity index (χ3n) is 2.66. The summed E-state index contributed by atoms with van der Waals surface area (Å²) in [5.74, 6) is 0.473. The Bertz CT molecular complexity index is 391. The molecule has 0 bridgehead atoms. The van der Waals surface area contributed by atoms with Gasteiger partial charge in [-0.05, 0) is 18.9 Å². The van der Waals surface area contributed by atoms with E-state index in [2.05, 4.69) is 12.2 Å². The number of aryl methyl sites for hydroxylation is 1. The van der Waals surface area contributed by atoms with Crippen molar-refractivity contribution < 1.29 is 14.6 Å². The lowest BCUT2D eigenvalue weighted by atomic mass is 10.1. The molecule has 0 spiro atoms. The predicted molar refractivity (Wildman–Crippen MR) is 70.5 cm³/mol. The lowest BCUT2D eigenvalue weighted by molar-refractivity contribution is -0.123. The first-order chi connectivity index (χ1) is 8.69. The number of carbonyl (C=O) groups excluding carboxylic acids is 1. The number of aliphatic hydroxyl groups is 1. The second-order valence-electron chi connectivity index (χ2n) is 4.21. The van der Waals surface area contributed by atoms with Gasteiger partial charge >= 0.3 is 0 Å². The van der Waals surface area contributed by atoms with E-state index in [4.69, 9.17) is 4.74 Å². The summed E-state index contributed by atoms with van der Waals surface area (Å²) in [6, 6.07) is 5.54. The summed E-state index contributed by atoms with van der Waals surface area (Å²) in [7, 11) is 0.